The maximum Gasteiger partial charge on any atom is 0.212 e. The van der Waals surface area contributed by atoms with E-state index in [0.29, 0.717) is 6.61 Å². The first-order valence-electron chi connectivity index (χ1n) is 7.79. The minimum Gasteiger partial charge on any atom is -0.494 e. The van der Waals surface area contributed by atoms with Crippen molar-refractivity contribution in [1.29, 1.82) is 0 Å². The predicted octanol–water partition coefficient (Wildman–Crippen LogP) is 4.50. The number of thioether (sulfide) groups is 1. The summed E-state index contributed by atoms with van der Waals surface area (Å²) in [5, 5.41) is 13.9. The van der Waals surface area contributed by atoms with Gasteiger partial charge in [0, 0.05) is 10.8 Å². The molecule has 1 aromatic heterocycles. The molecule has 0 amide bonds. The number of hydrogen-bond donors (Lipinski definition) is 0. The Balaban J connectivity index is 1.63. The van der Waals surface area contributed by atoms with Gasteiger partial charge in [-0.3, -0.25) is 0 Å². The smallest absolute Gasteiger partial charge is 0.212 e. The van der Waals surface area contributed by atoms with Gasteiger partial charge in [-0.25, -0.2) is 0 Å². The topological polar surface area (TPSA) is 52.3 Å². The standard InChI is InChI=1S/C18H17ClN4OS/c1-2-24-17-9-5-14(6-10-17)11-21-23-13-20-22-18(23)25-12-15-3-7-16(19)8-4-15/h3-11,13H,2,12H2,1H3/b21-11-. The van der Waals surface area contributed by atoms with E-state index in [9.17, 15) is 0 Å². The van der Waals surface area contributed by atoms with Crippen LogP contribution in [-0.4, -0.2) is 27.7 Å². The third-order valence-electron chi connectivity index (χ3n) is 3.30. The number of rotatable bonds is 7. The highest BCUT2D eigenvalue weighted by Crippen LogP contribution is 2.21. The molecule has 3 aromatic rings. The second-order valence-corrected chi connectivity index (χ2v) is 6.50. The first kappa shape index (κ1) is 17.5. The van der Waals surface area contributed by atoms with Crippen LogP contribution in [0.1, 0.15) is 18.1 Å². The summed E-state index contributed by atoms with van der Waals surface area (Å²) < 4.78 is 7.09. The van der Waals surface area contributed by atoms with Gasteiger partial charge in [-0.2, -0.15) is 9.78 Å². The van der Waals surface area contributed by atoms with E-state index in [1.807, 2.05) is 55.5 Å². The molecule has 2 aromatic carbocycles. The van der Waals surface area contributed by atoms with Crippen LogP contribution in [0.4, 0.5) is 0 Å². The molecule has 3 rings (SSSR count). The van der Waals surface area contributed by atoms with E-state index in [4.69, 9.17) is 16.3 Å². The van der Waals surface area contributed by atoms with Crippen molar-refractivity contribution in [2.45, 2.75) is 17.8 Å². The zero-order valence-corrected chi connectivity index (χ0v) is 15.2. The van der Waals surface area contributed by atoms with Crippen molar-refractivity contribution >= 4 is 29.6 Å². The molecule has 0 N–H and O–H groups in total. The Morgan fingerprint density at radius 1 is 1.16 bits per heavy atom. The summed E-state index contributed by atoms with van der Waals surface area (Å²) in [6.45, 7) is 2.62. The molecule has 0 aliphatic heterocycles. The molecular weight excluding hydrogens is 356 g/mol. The average Bonchev–Trinajstić information content (AvgIpc) is 3.08. The fraction of sp³-hybridized carbons (Fsp3) is 0.167. The molecule has 0 atom stereocenters. The number of hydrogen-bond acceptors (Lipinski definition) is 5. The van der Waals surface area contributed by atoms with E-state index in [1.54, 1.807) is 29.0 Å². The van der Waals surface area contributed by atoms with Crippen molar-refractivity contribution in [2.75, 3.05) is 6.61 Å². The number of ether oxygens (including phenoxy) is 1. The Kier molecular flexibility index (Phi) is 6.09. The van der Waals surface area contributed by atoms with Crippen LogP contribution in [0.3, 0.4) is 0 Å². The molecule has 0 saturated carbocycles. The van der Waals surface area contributed by atoms with Crippen LogP contribution >= 0.6 is 23.4 Å². The molecule has 128 valence electrons. The van der Waals surface area contributed by atoms with E-state index in [-0.39, 0.29) is 0 Å². The number of nitrogens with zero attached hydrogens (tertiary/aromatic N) is 4. The molecule has 0 saturated heterocycles. The predicted molar refractivity (Wildman–Crippen MR) is 102 cm³/mol. The van der Waals surface area contributed by atoms with Crippen LogP contribution < -0.4 is 4.74 Å². The van der Waals surface area contributed by atoms with Gasteiger partial charge in [0.05, 0.1) is 12.8 Å². The Bertz CT molecular complexity index is 831. The van der Waals surface area contributed by atoms with Crippen molar-refractivity contribution in [3.8, 4) is 5.75 Å². The van der Waals surface area contributed by atoms with Crippen LogP contribution in [0.15, 0.2) is 65.1 Å². The quantitative estimate of drug-likeness (QED) is 0.452. The number of aromatic nitrogens is 3. The molecule has 7 heteroatoms. The van der Waals surface area contributed by atoms with Crippen molar-refractivity contribution in [2.24, 2.45) is 5.10 Å². The lowest BCUT2D eigenvalue weighted by atomic mass is 10.2. The van der Waals surface area contributed by atoms with Gasteiger partial charge < -0.3 is 4.74 Å². The fourth-order valence-electron chi connectivity index (χ4n) is 2.07. The third-order valence-corrected chi connectivity index (χ3v) is 4.56. The summed E-state index contributed by atoms with van der Waals surface area (Å²) in [7, 11) is 0. The zero-order chi connectivity index (χ0) is 17.5. The Labute approximate surface area is 155 Å². The Morgan fingerprint density at radius 3 is 2.64 bits per heavy atom. The van der Waals surface area contributed by atoms with Crippen LogP contribution in [0.5, 0.6) is 5.75 Å². The van der Waals surface area contributed by atoms with E-state index in [2.05, 4.69) is 15.3 Å². The summed E-state index contributed by atoms with van der Waals surface area (Å²) in [6, 6.07) is 15.5. The summed E-state index contributed by atoms with van der Waals surface area (Å²) in [6.07, 6.45) is 3.36. The molecule has 25 heavy (non-hydrogen) atoms. The first-order valence-corrected chi connectivity index (χ1v) is 9.15. The summed E-state index contributed by atoms with van der Waals surface area (Å²) in [5.41, 5.74) is 2.14. The van der Waals surface area contributed by atoms with Crippen molar-refractivity contribution in [1.82, 2.24) is 14.9 Å². The average molecular weight is 373 g/mol. The van der Waals surface area contributed by atoms with E-state index >= 15 is 0 Å². The minimum atomic E-state index is 0.655. The van der Waals surface area contributed by atoms with Crippen LogP contribution in [0.25, 0.3) is 0 Å². The normalized spacial score (nSPS) is 11.1. The highest BCUT2D eigenvalue weighted by Gasteiger charge is 2.04. The highest BCUT2D eigenvalue weighted by atomic mass is 35.5. The first-order chi connectivity index (χ1) is 12.2. The van der Waals surface area contributed by atoms with E-state index in [1.165, 1.54) is 5.56 Å². The molecular formula is C18H17ClN4OS. The van der Waals surface area contributed by atoms with Crippen molar-refractivity contribution < 1.29 is 4.74 Å². The molecule has 0 bridgehead atoms. The highest BCUT2D eigenvalue weighted by molar-refractivity contribution is 7.98. The summed E-state index contributed by atoms with van der Waals surface area (Å²) >= 11 is 7.47. The lowest BCUT2D eigenvalue weighted by molar-refractivity contribution is 0.340. The van der Waals surface area contributed by atoms with Crippen LogP contribution in [-0.2, 0) is 5.75 Å². The van der Waals surface area contributed by atoms with Crippen molar-refractivity contribution in [3.05, 3.63) is 71.0 Å². The van der Waals surface area contributed by atoms with Gasteiger partial charge in [-0.1, -0.05) is 35.5 Å². The third kappa shape index (κ3) is 5.08. The maximum atomic E-state index is 5.90. The zero-order valence-electron chi connectivity index (χ0n) is 13.7. The Morgan fingerprint density at radius 2 is 1.92 bits per heavy atom. The molecule has 5 nitrogen and oxygen atoms in total. The molecule has 0 spiro atoms. The van der Waals surface area contributed by atoms with Gasteiger partial charge in [0.15, 0.2) is 0 Å². The monoisotopic (exact) mass is 372 g/mol. The van der Waals surface area contributed by atoms with E-state index in [0.717, 1.165) is 27.2 Å². The van der Waals surface area contributed by atoms with Crippen LogP contribution in [0.2, 0.25) is 5.02 Å². The van der Waals surface area contributed by atoms with Gasteiger partial charge in [-0.15, -0.1) is 10.2 Å². The lowest BCUT2D eigenvalue weighted by Crippen LogP contribution is -1.94. The van der Waals surface area contributed by atoms with Gasteiger partial charge in [-0.05, 0) is 54.4 Å². The van der Waals surface area contributed by atoms with Crippen LogP contribution in [0, 0.1) is 0 Å². The second-order valence-electron chi connectivity index (χ2n) is 5.12. The molecule has 0 aliphatic rings. The number of halogens is 1. The molecule has 1 heterocycles. The lowest BCUT2D eigenvalue weighted by Gasteiger charge is -2.03. The molecule has 0 aliphatic carbocycles. The van der Waals surface area contributed by atoms with Gasteiger partial charge >= 0.3 is 0 Å². The van der Waals surface area contributed by atoms with Crippen molar-refractivity contribution in [3.63, 3.8) is 0 Å². The largest absolute Gasteiger partial charge is 0.494 e. The Hall–Kier alpha value is -2.31. The SMILES string of the molecule is CCOc1ccc(/C=N\n2cnnc2SCc2ccc(Cl)cc2)cc1. The summed E-state index contributed by atoms with van der Waals surface area (Å²) in [5.74, 6) is 1.62. The second kappa shape index (κ2) is 8.69. The molecule has 0 fully saturated rings. The number of benzene rings is 2. The van der Waals surface area contributed by atoms with Gasteiger partial charge in [0.2, 0.25) is 5.16 Å². The molecule has 0 unspecified atom stereocenters. The maximum absolute atomic E-state index is 5.90. The summed E-state index contributed by atoms with van der Waals surface area (Å²) in [4.78, 5) is 0. The van der Waals surface area contributed by atoms with E-state index < -0.39 is 0 Å². The fourth-order valence-corrected chi connectivity index (χ4v) is 3.01. The molecule has 0 radical (unpaired) electrons. The van der Waals surface area contributed by atoms with Gasteiger partial charge in [0.1, 0.15) is 12.1 Å². The minimum absolute atomic E-state index is 0.655. The van der Waals surface area contributed by atoms with Gasteiger partial charge in [0.25, 0.3) is 0 Å².